The van der Waals surface area contributed by atoms with Gasteiger partial charge in [-0.1, -0.05) is 188 Å². The molecule has 4 aliphatic rings. The summed E-state index contributed by atoms with van der Waals surface area (Å²) in [5.74, 6) is 5.16. The van der Waals surface area contributed by atoms with Crippen LogP contribution in [0.5, 0.6) is 0 Å². The zero-order valence-electron chi connectivity index (χ0n) is 36.2. The van der Waals surface area contributed by atoms with E-state index in [-0.39, 0.29) is 29.2 Å². The van der Waals surface area contributed by atoms with Crippen molar-refractivity contribution in [3.8, 4) is 0 Å². The Morgan fingerprint density at radius 1 is 0.533 bits per heavy atom. The van der Waals surface area contributed by atoms with Gasteiger partial charge < -0.3 is 9.47 Å². The third-order valence-electron chi connectivity index (χ3n) is 12.2. The van der Waals surface area contributed by atoms with Crippen LogP contribution in [0.3, 0.4) is 0 Å². The van der Waals surface area contributed by atoms with E-state index in [0.29, 0.717) is 25.0 Å². The SMILES string of the molecule is CC(C)[C@H]1COC([C]2[CH][CH][CH][C]2P(c2ccccc2)c2ccccc2)=N1.CC[Si](CC)(CC)[C]1[CH][CH][C](P(c2ccccc2)c2ccccc2)[C]1C1=N[C@@H](C(C)C)CO1.[Fe+2]. The maximum Gasteiger partial charge on any atom is 2.00 e. The average Bonchev–Trinajstić information content (AvgIpc) is 4.12. The maximum atomic E-state index is 6.39. The largest absolute Gasteiger partial charge is 2.00 e. The Morgan fingerprint density at radius 2 is 0.933 bits per heavy atom. The summed E-state index contributed by atoms with van der Waals surface area (Å²) >= 11 is 0. The first kappa shape index (κ1) is 46.9. The maximum absolute atomic E-state index is 6.39. The first-order chi connectivity index (χ1) is 28.8. The van der Waals surface area contributed by atoms with Gasteiger partial charge in [0, 0.05) is 11.3 Å². The van der Waals surface area contributed by atoms with E-state index in [9.17, 15) is 0 Å². The number of hydrogen-bond acceptors (Lipinski definition) is 4. The van der Waals surface area contributed by atoms with Crippen LogP contribution >= 0.6 is 15.8 Å². The van der Waals surface area contributed by atoms with Gasteiger partial charge in [-0.15, -0.1) is 0 Å². The van der Waals surface area contributed by atoms with Crippen molar-refractivity contribution in [1.82, 2.24) is 0 Å². The molecule has 0 aromatic heterocycles. The molecule has 8 rings (SSSR count). The Morgan fingerprint density at radius 3 is 1.33 bits per heavy atom. The third kappa shape index (κ3) is 10.4. The Labute approximate surface area is 377 Å². The minimum Gasteiger partial charge on any atom is -0.478 e. The molecule has 2 heterocycles. The summed E-state index contributed by atoms with van der Waals surface area (Å²) in [5, 5.41) is 5.46. The average molecular weight is 891 g/mol. The molecular weight excluding hydrogens is 830 g/mol. The standard InChI is InChI=1S/C29H37NOPSi.C23H23NOP.Fe/c1-6-33(7-2,8-3)27-20-19-26(28(27)29-30-25(21-31-29)22(4)5)32(23-15-11-9-12-16-23)24-17-13-10-14-18-24;1-17(2)21-16-25-23(24-21)20-14-9-15-22(20)26(18-10-5-3-6-11-18)19-12-7-4-8-13-19;/h9-20,22,25H,6-8,21H2,1-5H3;3-15,17,21H,16H2,1-2H3;/q;;+2/t25-;21-;/m11./s1. The van der Waals surface area contributed by atoms with E-state index in [1.807, 2.05) is 0 Å². The van der Waals surface area contributed by atoms with Gasteiger partial charge in [0.25, 0.3) is 0 Å². The zero-order chi connectivity index (χ0) is 41.4. The second kappa shape index (κ2) is 22.2. The van der Waals surface area contributed by atoms with Crippen LogP contribution in [-0.2, 0) is 26.5 Å². The van der Waals surface area contributed by atoms with Crippen LogP contribution in [0.25, 0.3) is 0 Å². The predicted molar refractivity (Wildman–Crippen MR) is 257 cm³/mol. The molecule has 2 atom stereocenters. The molecule has 2 saturated carbocycles. The van der Waals surface area contributed by atoms with Crippen LogP contribution in [0.2, 0.25) is 18.1 Å². The molecule has 60 heavy (non-hydrogen) atoms. The third-order valence-corrected chi connectivity index (χ3v) is 22.8. The summed E-state index contributed by atoms with van der Waals surface area (Å²) in [7, 11) is -2.96. The Kier molecular flexibility index (Phi) is 17.3. The van der Waals surface area contributed by atoms with Gasteiger partial charge in [-0.05, 0) is 86.5 Å². The van der Waals surface area contributed by atoms with Gasteiger partial charge in [0.15, 0.2) is 11.8 Å². The van der Waals surface area contributed by atoms with Gasteiger partial charge in [-0.25, -0.2) is 9.98 Å². The van der Waals surface area contributed by atoms with Gasteiger partial charge >= 0.3 is 17.1 Å². The van der Waals surface area contributed by atoms with Gasteiger partial charge in [0.2, 0.25) is 0 Å². The number of nitrogens with zero attached hydrogens (tertiary/aromatic N) is 2. The fourth-order valence-electron chi connectivity index (χ4n) is 8.34. The predicted octanol–water partition coefficient (Wildman–Crippen LogP) is 11.0. The van der Waals surface area contributed by atoms with Crippen LogP contribution in [0.1, 0.15) is 48.5 Å². The summed E-state index contributed by atoms with van der Waals surface area (Å²) in [5.41, 5.74) is 4.29. The minimum absolute atomic E-state index is 0. The van der Waals surface area contributed by atoms with E-state index < -0.39 is 23.9 Å². The zero-order valence-corrected chi connectivity index (χ0v) is 40.1. The molecule has 310 valence electrons. The summed E-state index contributed by atoms with van der Waals surface area (Å²) in [6, 6.07) is 47.8. The molecule has 0 amide bonds. The molecule has 10 radical (unpaired) electrons. The molecule has 4 aromatic carbocycles. The van der Waals surface area contributed by atoms with E-state index in [1.165, 1.54) is 56.6 Å². The van der Waals surface area contributed by atoms with Crippen LogP contribution in [0.4, 0.5) is 0 Å². The fraction of sp³-hybridized carbons (Fsp3) is 0.308. The van der Waals surface area contributed by atoms with Gasteiger partial charge in [0.1, 0.15) is 13.2 Å². The Bertz CT molecular complexity index is 1860. The number of ether oxygens (including phenoxy) is 2. The number of rotatable bonds is 14. The second-order valence-corrected chi connectivity index (χ2v) is 25.9. The quantitative estimate of drug-likeness (QED) is 0.0935. The van der Waals surface area contributed by atoms with E-state index in [0.717, 1.165) is 17.7 Å². The molecule has 4 nitrogen and oxygen atoms in total. The van der Waals surface area contributed by atoms with Crippen molar-refractivity contribution in [2.45, 2.75) is 78.7 Å². The number of aliphatic imine (C=N–C) groups is 2. The molecule has 0 unspecified atom stereocenters. The van der Waals surface area contributed by atoms with Crippen molar-refractivity contribution in [3.05, 3.63) is 182 Å². The molecule has 2 aliphatic heterocycles. The van der Waals surface area contributed by atoms with Crippen molar-refractivity contribution < 1.29 is 26.5 Å². The van der Waals surface area contributed by atoms with Crippen LogP contribution < -0.4 is 21.2 Å². The van der Waals surface area contributed by atoms with E-state index in [4.69, 9.17) is 19.5 Å². The molecular formula is C52H60FeN2O2P2Si+2. The van der Waals surface area contributed by atoms with Crippen molar-refractivity contribution in [3.63, 3.8) is 0 Å². The molecule has 0 spiro atoms. The van der Waals surface area contributed by atoms with Crippen LogP contribution in [0, 0.1) is 72.6 Å². The molecule has 2 aliphatic carbocycles. The fourth-order valence-corrected chi connectivity index (χ4v) is 17.2. The molecule has 2 fully saturated rings. The molecule has 4 aromatic rings. The van der Waals surface area contributed by atoms with Crippen LogP contribution in [0.15, 0.2) is 131 Å². The van der Waals surface area contributed by atoms with Crippen molar-refractivity contribution >= 4 is 56.9 Å². The molecule has 8 heteroatoms. The number of hydrogen-bond donors (Lipinski definition) is 0. The normalized spacial score (nSPS) is 20.6. The summed E-state index contributed by atoms with van der Waals surface area (Å²) < 4.78 is 12.4. The van der Waals surface area contributed by atoms with E-state index in [1.54, 1.807) is 5.54 Å². The van der Waals surface area contributed by atoms with E-state index >= 15 is 0 Å². The minimum atomic E-state index is -1.63. The molecule has 0 saturated heterocycles. The van der Waals surface area contributed by atoms with Crippen molar-refractivity contribution in [2.75, 3.05) is 13.2 Å². The summed E-state index contributed by atoms with van der Waals surface area (Å²) in [4.78, 5) is 10.0. The first-order valence-electron chi connectivity index (χ1n) is 21.6. The Hall–Kier alpha value is -2.58. The van der Waals surface area contributed by atoms with Crippen molar-refractivity contribution in [2.24, 2.45) is 21.8 Å². The summed E-state index contributed by atoms with van der Waals surface area (Å²) in [6.07, 6.45) is 11.4. The van der Waals surface area contributed by atoms with Crippen LogP contribution in [-0.4, -0.2) is 45.2 Å². The smallest absolute Gasteiger partial charge is 0.478 e. The van der Waals surface area contributed by atoms with Crippen molar-refractivity contribution in [1.29, 1.82) is 0 Å². The number of benzene rings is 4. The van der Waals surface area contributed by atoms with Gasteiger partial charge in [-0.2, -0.15) is 0 Å². The summed E-state index contributed by atoms with van der Waals surface area (Å²) in [6.45, 7) is 17.5. The van der Waals surface area contributed by atoms with Gasteiger partial charge in [-0.3, -0.25) is 0 Å². The molecule has 0 bridgehead atoms. The molecule has 0 N–H and O–H groups in total. The monoisotopic (exact) mass is 890 g/mol. The topological polar surface area (TPSA) is 43.2 Å². The second-order valence-electron chi connectivity index (χ2n) is 16.3. The Balaban J connectivity index is 0.000000203. The first-order valence-corrected chi connectivity index (χ1v) is 26.9. The van der Waals surface area contributed by atoms with E-state index in [2.05, 4.69) is 202 Å². The van der Waals surface area contributed by atoms with Gasteiger partial charge in [0.05, 0.1) is 32.0 Å².